The van der Waals surface area contributed by atoms with Crippen LogP contribution in [0.15, 0.2) is 24.3 Å². The Bertz CT molecular complexity index is 722. The Morgan fingerprint density at radius 1 is 1.20 bits per heavy atom. The van der Waals surface area contributed by atoms with Crippen LogP contribution in [0.1, 0.15) is 9.67 Å². The zero-order valence-corrected chi connectivity index (χ0v) is 11.2. The largest absolute Gasteiger partial charge is 0.399 e. The number of carbonyl (C=O) groups is 3. The van der Waals surface area contributed by atoms with Crippen molar-refractivity contribution in [3.63, 3.8) is 0 Å². The predicted molar refractivity (Wildman–Crippen MR) is 75.3 cm³/mol. The van der Waals surface area contributed by atoms with Crippen LogP contribution in [0.3, 0.4) is 0 Å². The minimum absolute atomic E-state index is 0.0963. The van der Waals surface area contributed by atoms with Gasteiger partial charge in [-0.3, -0.25) is 19.7 Å². The van der Waals surface area contributed by atoms with Gasteiger partial charge >= 0.3 is 0 Å². The zero-order chi connectivity index (χ0) is 14.3. The average Bonchev–Trinajstić information content (AvgIpc) is 2.79. The number of nitrogen functional groups attached to an aromatic ring is 1. The maximum Gasteiger partial charge on any atom is 0.264 e. The summed E-state index contributed by atoms with van der Waals surface area (Å²) in [5.74, 6) is -1.23. The molecule has 102 valence electrons. The maximum atomic E-state index is 12.3. The molecule has 0 bridgehead atoms. The van der Waals surface area contributed by atoms with E-state index in [0.717, 1.165) is 10.1 Å². The maximum absolute atomic E-state index is 12.3. The number of nitrogens with two attached hydrogens (primary N) is 1. The number of fused-ring (bicyclic) bond motifs is 1. The first-order valence-corrected chi connectivity index (χ1v) is 6.75. The molecule has 1 aliphatic rings. The number of imide groups is 1. The highest BCUT2D eigenvalue weighted by Crippen LogP contribution is 2.28. The van der Waals surface area contributed by atoms with E-state index in [-0.39, 0.29) is 19.0 Å². The van der Waals surface area contributed by atoms with E-state index in [9.17, 15) is 14.4 Å². The molecule has 0 spiro atoms. The molecule has 1 fully saturated rings. The zero-order valence-electron chi connectivity index (χ0n) is 10.4. The molecule has 1 aromatic heterocycles. The van der Waals surface area contributed by atoms with Crippen molar-refractivity contribution in [2.24, 2.45) is 0 Å². The highest BCUT2D eigenvalue weighted by Gasteiger charge is 2.27. The van der Waals surface area contributed by atoms with Gasteiger partial charge in [0.2, 0.25) is 11.8 Å². The van der Waals surface area contributed by atoms with Crippen LogP contribution in [0.4, 0.5) is 5.69 Å². The first kappa shape index (κ1) is 12.6. The van der Waals surface area contributed by atoms with Crippen LogP contribution in [0, 0.1) is 0 Å². The van der Waals surface area contributed by atoms with Crippen LogP contribution in [-0.2, 0) is 9.59 Å². The molecule has 2 heterocycles. The average molecular weight is 289 g/mol. The lowest BCUT2D eigenvalue weighted by Crippen LogP contribution is -2.53. The van der Waals surface area contributed by atoms with Crippen molar-refractivity contribution in [3.8, 4) is 0 Å². The molecule has 7 heteroatoms. The summed E-state index contributed by atoms with van der Waals surface area (Å²) in [7, 11) is 0. The van der Waals surface area contributed by atoms with Crippen molar-refractivity contribution >= 4 is 44.8 Å². The quantitative estimate of drug-likeness (QED) is 0.593. The first-order chi connectivity index (χ1) is 9.52. The molecule has 3 rings (SSSR count). The normalized spacial score (nSPS) is 15.5. The van der Waals surface area contributed by atoms with Crippen molar-refractivity contribution in [2.75, 3.05) is 18.8 Å². The van der Waals surface area contributed by atoms with E-state index in [2.05, 4.69) is 5.32 Å². The van der Waals surface area contributed by atoms with Gasteiger partial charge < -0.3 is 10.6 Å². The van der Waals surface area contributed by atoms with Gasteiger partial charge in [-0.05, 0) is 29.7 Å². The van der Waals surface area contributed by atoms with Gasteiger partial charge in [0.25, 0.3) is 5.91 Å². The summed E-state index contributed by atoms with van der Waals surface area (Å²) < 4.78 is 0.940. The number of benzene rings is 1. The summed E-state index contributed by atoms with van der Waals surface area (Å²) in [6.07, 6.45) is 0. The van der Waals surface area contributed by atoms with E-state index >= 15 is 0 Å². The number of piperazine rings is 1. The second kappa shape index (κ2) is 4.61. The second-order valence-electron chi connectivity index (χ2n) is 4.54. The molecule has 0 radical (unpaired) electrons. The molecule has 1 aromatic carbocycles. The number of carbonyl (C=O) groups excluding carboxylic acids is 3. The molecular weight excluding hydrogens is 278 g/mol. The van der Waals surface area contributed by atoms with Crippen molar-refractivity contribution in [2.45, 2.75) is 0 Å². The van der Waals surface area contributed by atoms with E-state index in [1.807, 2.05) is 6.07 Å². The van der Waals surface area contributed by atoms with Crippen molar-refractivity contribution < 1.29 is 14.4 Å². The standard InChI is InChI=1S/C13H11N3O3S/c14-8-1-2-9-7(3-8)4-10(20-9)13(19)16-5-11(17)15-12(18)6-16/h1-4H,5-6,14H2,(H,15,17,18). The van der Waals surface area contributed by atoms with E-state index in [4.69, 9.17) is 5.73 Å². The summed E-state index contributed by atoms with van der Waals surface area (Å²) in [4.78, 5) is 36.7. The molecule has 2 aromatic rings. The highest BCUT2D eigenvalue weighted by atomic mass is 32.1. The number of hydrogen-bond donors (Lipinski definition) is 2. The highest BCUT2D eigenvalue weighted by molar-refractivity contribution is 7.20. The molecule has 0 unspecified atom stereocenters. The van der Waals surface area contributed by atoms with Crippen LogP contribution < -0.4 is 11.1 Å². The Morgan fingerprint density at radius 3 is 2.60 bits per heavy atom. The minimum Gasteiger partial charge on any atom is -0.399 e. The van der Waals surface area contributed by atoms with Crippen LogP contribution in [0.2, 0.25) is 0 Å². The van der Waals surface area contributed by atoms with Crippen LogP contribution >= 0.6 is 11.3 Å². The Labute approximate surface area is 118 Å². The fraction of sp³-hybridized carbons (Fsp3) is 0.154. The fourth-order valence-electron chi connectivity index (χ4n) is 2.10. The van der Waals surface area contributed by atoms with Gasteiger partial charge in [-0.1, -0.05) is 0 Å². The fourth-order valence-corrected chi connectivity index (χ4v) is 3.11. The number of rotatable bonds is 1. The van der Waals surface area contributed by atoms with Crippen molar-refractivity contribution in [1.82, 2.24) is 10.2 Å². The van der Waals surface area contributed by atoms with Crippen molar-refractivity contribution in [1.29, 1.82) is 0 Å². The molecular formula is C13H11N3O3S. The van der Waals surface area contributed by atoms with Gasteiger partial charge in [0, 0.05) is 10.4 Å². The SMILES string of the molecule is Nc1ccc2sc(C(=O)N3CC(=O)NC(=O)C3)cc2c1. The van der Waals surface area contributed by atoms with Gasteiger partial charge in [0.1, 0.15) is 13.1 Å². The van der Waals surface area contributed by atoms with E-state index in [1.165, 1.54) is 16.2 Å². The number of thiophene rings is 1. The van der Waals surface area contributed by atoms with E-state index in [1.54, 1.807) is 18.2 Å². The number of nitrogens with one attached hydrogen (secondary N) is 1. The summed E-state index contributed by atoms with van der Waals surface area (Å²) in [6, 6.07) is 7.14. The third-order valence-corrected chi connectivity index (χ3v) is 4.09. The number of nitrogens with zero attached hydrogens (tertiary/aromatic N) is 1. The van der Waals surface area contributed by atoms with Crippen LogP contribution in [-0.4, -0.2) is 35.7 Å². The summed E-state index contributed by atoms with van der Waals surface area (Å²) >= 11 is 1.32. The van der Waals surface area contributed by atoms with Crippen LogP contribution in [0.5, 0.6) is 0 Å². The third-order valence-electron chi connectivity index (χ3n) is 2.99. The topological polar surface area (TPSA) is 92.5 Å². The molecule has 3 amide bonds. The Kier molecular flexibility index (Phi) is 2.90. The van der Waals surface area contributed by atoms with Gasteiger partial charge in [-0.25, -0.2) is 0 Å². The van der Waals surface area contributed by atoms with E-state index in [0.29, 0.717) is 10.6 Å². The number of anilines is 1. The molecule has 1 saturated heterocycles. The molecule has 1 aliphatic heterocycles. The van der Waals surface area contributed by atoms with Gasteiger partial charge in [0.05, 0.1) is 4.88 Å². The van der Waals surface area contributed by atoms with E-state index < -0.39 is 11.8 Å². The molecule has 20 heavy (non-hydrogen) atoms. The summed E-state index contributed by atoms with van der Waals surface area (Å²) in [5, 5.41) is 3.05. The third kappa shape index (κ3) is 2.23. The van der Waals surface area contributed by atoms with Gasteiger partial charge in [-0.2, -0.15) is 0 Å². The molecule has 0 aliphatic carbocycles. The smallest absolute Gasteiger partial charge is 0.264 e. The van der Waals surface area contributed by atoms with Gasteiger partial charge in [-0.15, -0.1) is 11.3 Å². The second-order valence-corrected chi connectivity index (χ2v) is 5.62. The Morgan fingerprint density at radius 2 is 1.90 bits per heavy atom. The Hall–Kier alpha value is -2.41. The molecule has 0 saturated carbocycles. The number of hydrogen-bond acceptors (Lipinski definition) is 5. The Balaban J connectivity index is 1.92. The minimum atomic E-state index is -0.458. The lowest BCUT2D eigenvalue weighted by molar-refractivity contribution is -0.135. The molecule has 6 nitrogen and oxygen atoms in total. The molecule has 0 atom stereocenters. The summed E-state index contributed by atoms with van der Waals surface area (Å²) in [5.41, 5.74) is 6.33. The monoisotopic (exact) mass is 289 g/mol. The predicted octanol–water partition coefficient (Wildman–Crippen LogP) is 0.582. The van der Waals surface area contributed by atoms with Gasteiger partial charge in [0.15, 0.2) is 0 Å². The first-order valence-electron chi connectivity index (χ1n) is 5.94. The number of amides is 3. The lowest BCUT2D eigenvalue weighted by Gasteiger charge is -2.24. The van der Waals surface area contributed by atoms with Crippen LogP contribution in [0.25, 0.3) is 10.1 Å². The molecule has 3 N–H and O–H groups in total. The summed E-state index contributed by atoms with van der Waals surface area (Å²) in [6.45, 7) is -0.193. The lowest BCUT2D eigenvalue weighted by atomic mass is 10.2. The van der Waals surface area contributed by atoms with Crippen molar-refractivity contribution in [3.05, 3.63) is 29.1 Å².